The van der Waals surface area contributed by atoms with Gasteiger partial charge < -0.3 is 15.7 Å². The van der Waals surface area contributed by atoms with Gasteiger partial charge >= 0.3 is 6.03 Å². The maximum Gasteiger partial charge on any atom is 0.319 e. The molecule has 0 saturated carbocycles. The number of amides is 2. The van der Waals surface area contributed by atoms with Gasteiger partial charge in [0, 0.05) is 6.07 Å². The van der Waals surface area contributed by atoms with E-state index in [2.05, 4.69) is 10.6 Å². The van der Waals surface area contributed by atoms with Crippen LogP contribution in [0.2, 0.25) is 5.02 Å². The molecule has 0 aliphatic rings. The van der Waals surface area contributed by atoms with E-state index in [1.165, 1.54) is 12.1 Å². The normalized spacial score (nSPS) is 11.9. The van der Waals surface area contributed by atoms with E-state index in [0.717, 1.165) is 18.2 Å². The molecule has 2 amide bonds. The van der Waals surface area contributed by atoms with Crippen molar-refractivity contribution in [1.82, 2.24) is 5.32 Å². The number of hydrogen-bond acceptors (Lipinski definition) is 2. The fourth-order valence-electron chi connectivity index (χ4n) is 1.87. The van der Waals surface area contributed by atoms with Crippen molar-refractivity contribution >= 4 is 23.3 Å². The zero-order valence-electron chi connectivity index (χ0n) is 11.6. The molecule has 0 fully saturated rings. The van der Waals surface area contributed by atoms with E-state index < -0.39 is 36.1 Å². The minimum Gasteiger partial charge on any atom is -0.394 e. The van der Waals surface area contributed by atoms with Gasteiger partial charge in [-0.1, -0.05) is 17.7 Å². The van der Waals surface area contributed by atoms with E-state index in [4.69, 9.17) is 11.6 Å². The van der Waals surface area contributed by atoms with Gasteiger partial charge in [-0.05, 0) is 29.8 Å². The zero-order chi connectivity index (χ0) is 17.0. The Kier molecular flexibility index (Phi) is 5.46. The smallest absolute Gasteiger partial charge is 0.319 e. The number of aliphatic hydroxyl groups excluding tert-OH is 1. The topological polar surface area (TPSA) is 61.4 Å². The molecule has 4 nitrogen and oxygen atoms in total. The number of halogens is 4. The standard InChI is InChI=1S/C15H12ClF3N2O2/c16-10-3-1-8(5-11(10)18)14(7-22)21-15(23)20-13-4-2-9(17)6-12(13)19/h1-6,14,22H,7H2,(H2,20,21,23). The highest BCUT2D eigenvalue weighted by molar-refractivity contribution is 6.30. The van der Waals surface area contributed by atoms with Crippen molar-refractivity contribution in [2.45, 2.75) is 6.04 Å². The lowest BCUT2D eigenvalue weighted by Gasteiger charge is -2.17. The van der Waals surface area contributed by atoms with Gasteiger partial charge in [0.25, 0.3) is 0 Å². The van der Waals surface area contributed by atoms with Crippen LogP contribution in [-0.2, 0) is 0 Å². The fourth-order valence-corrected chi connectivity index (χ4v) is 1.99. The first-order valence-corrected chi connectivity index (χ1v) is 6.87. The first-order valence-electron chi connectivity index (χ1n) is 6.49. The summed E-state index contributed by atoms with van der Waals surface area (Å²) in [5, 5.41) is 13.8. The lowest BCUT2D eigenvalue weighted by atomic mass is 10.1. The molecule has 2 aromatic rings. The molecule has 8 heteroatoms. The largest absolute Gasteiger partial charge is 0.394 e. The van der Waals surface area contributed by atoms with Crippen LogP contribution in [0.25, 0.3) is 0 Å². The van der Waals surface area contributed by atoms with Gasteiger partial charge in [-0.15, -0.1) is 0 Å². The van der Waals surface area contributed by atoms with E-state index in [1.54, 1.807) is 0 Å². The summed E-state index contributed by atoms with van der Waals surface area (Å²) in [5.74, 6) is -2.43. The monoisotopic (exact) mass is 344 g/mol. The average molecular weight is 345 g/mol. The third-order valence-electron chi connectivity index (χ3n) is 3.01. The molecule has 122 valence electrons. The average Bonchev–Trinajstić information content (AvgIpc) is 2.50. The van der Waals surface area contributed by atoms with Crippen LogP contribution in [0.15, 0.2) is 36.4 Å². The van der Waals surface area contributed by atoms with Crippen LogP contribution in [0.4, 0.5) is 23.7 Å². The highest BCUT2D eigenvalue weighted by Gasteiger charge is 2.16. The second-order valence-electron chi connectivity index (χ2n) is 4.63. The lowest BCUT2D eigenvalue weighted by molar-refractivity contribution is 0.225. The molecule has 0 bridgehead atoms. The Bertz CT molecular complexity index is 728. The van der Waals surface area contributed by atoms with Crippen LogP contribution in [0.1, 0.15) is 11.6 Å². The van der Waals surface area contributed by atoms with Crippen LogP contribution in [0, 0.1) is 17.5 Å². The quantitative estimate of drug-likeness (QED) is 0.793. The highest BCUT2D eigenvalue weighted by Crippen LogP contribution is 2.21. The molecule has 0 aliphatic heterocycles. The number of carbonyl (C=O) groups is 1. The van der Waals surface area contributed by atoms with E-state index in [-0.39, 0.29) is 16.3 Å². The van der Waals surface area contributed by atoms with Crippen molar-refractivity contribution in [3.63, 3.8) is 0 Å². The van der Waals surface area contributed by atoms with E-state index >= 15 is 0 Å². The number of benzene rings is 2. The Hall–Kier alpha value is -2.25. The van der Waals surface area contributed by atoms with Crippen LogP contribution in [0.3, 0.4) is 0 Å². The van der Waals surface area contributed by atoms with Crippen LogP contribution in [-0.4, -0.2) is 17.7 Å². The van der Waals surface area contributed by atoms with E-state index in [0.29, 0.717) is 6.07 Å². The summed E-state index contributed by atoms with van der Waals surface area (Å²) in [6.45, 7) is -0.513. The third kappa shape index (κ3) is 4.37. The molecule has 0 saturated heterocycles. The van der Waals surface area contributed by atoms with Crippen LogP contribution < -0.4 is 10.6 Å². The summed E-state index contributed by atoms with van der Waals surface area (Å²) in [7, 11) is 0. The minimum absolute atomic E-state index is 0.0942. The summed E-state index contributed by atoms with van der Waals surface area (Å²) in [4.78, 5) is 11.8. The Morgan fingerprint density at radius 3 is 2.48 bits per heavy atom. The van der Waals surface area contributed by atoms with Crippen LogP contribution in [0.5, 0.6) is 0 Å². The van der Waals surface area contributed by atoms with Gasteiger partial charge in [0.15, 0.2) is 0 Å². The molecular formula is C15H12ClF3N2O2. The van der Waals surface area contributed by atoms with Gasteiger partial charge in [0.05, 0.1) is 23.4 Å². The SMILES string of the molecule is O=C(Nc1ccc(F)cc1F)NC(CO)c1ccc(Cl)c(F)c1. The summed E-state index contributed by atoms with van der Waals surface area (Å²) < 4.78 is 39.7. The number of aliphatic hydroxyl groups is 1. The highest BCUT2D eigenvalue weighted by atomic mass is 35.5. The molecule has 2 aromatic carbocycles. The molecule has 1 unspecified atom stereocenters. The summed E-state index contributed by atoms with van der Waals surface area (Å²) in [6, 6.07) is 4.68. The van der Waals surface area contributed by atoms with Crippen molar-refractivity contribution in [3.05, 3.63) is 64.4 Å². The molecule has 0 radical (unpaired) electrons. The molecule has 0 aromatic heterocycles. The maximum absolute atomic E-state index is 13.5. The lowest BCUT2D eigenvalue weighted by Crippen LogP contribution is -2.34. The Morgan fingerprint density at radius 1 is 1.13 bits per heavy atom. The van der Waals surface area contributed by atoms with Gasteiger partial charge in [-0.2, -0.15) is 0 Å². The number of urea groups is 1. The zero-order valence-corrected chi connectivity index (χ0v) is 12.4. The number of nitrogens with one attached hydrogen (secondary N) is 2. The number of anilines is 1. The molecule has 0 heterocycles. The number of rotatable bonds is 4. The summed E-state index contributed by atoms with van der Waals surface area (Å²) in [6.07, 6.45) is 0. The first kappa shape index (κ1) is 17.1. The number of carbonyl (C=O) groups excluding carboxylic acids is 1. The fraction of sp³-hybridized carbons (Fsp3) is 0.133. The first-order chi connectivity index (χ1) is 10.9. The molecule has 3 N–H and O–H groups in total. The molecule has 1 atom stereocenters. The van der Waals surface area contributed by atoms with Crippen molar-refractivity contribution in [2.24, 2.45) is 0 Å². The summed E-state index contributed by atoms with van der Waals surface area (Å²) >= 11 is 5.56. The van der Waals surface area contributed by atoms with Gasteiger partial charge in [0.2, 0.25) is 0 Å². The van der Waals surface area contributed by atoms with Crippen molar-refractivity contribution in [3.8, 4) is 0 Å². The van der Waals surface area contributed by atoms with E-state index in [1.807, 2.05) is 0 Å². The van der Waals surface area contributed by atoms with Crippen molar-refractivity contribution in [2.75, 3.05) is 11.9 Å². The van der Waals surface area contributed by atoms with E-state index in [9.17, 15) is 23.1 Å². The second-order valence-corrected chi connectivity index (χ2v) is 5.04. The molecule has 23 heavy (non-hydrogen) atoms. The second kappa shape index (κ2) is 7.34. The maximum atomic E-state index is 13.5. The predicted octanol–water partition coefficient (Wildman–Crippen LogP) is 3.61. The Morgan fingerprint density at radius 2 is 1.87 bits per heavy atom. The molecular weight excluding hydrogens is 333 g/mol. The minimum atomic E-state index is -0.946. The van der Waals surface area contributed by atoms with Gasteiger partial charge in [0.1, 0.15) is 17.5 Å². The predicted molar refractivity (Wildman–Crippen MR) is 79.7 cm³/mol. The Labute approximate surface area is 134 Å². The Balaban J connectivity index is 2.08. The molecule has 2 rings (SSSR count). The van der Waals surface area contributed by atoms with Crippen LogP contribution >= 0.6 is 11.6 Å². The summed E-state index contributed by atoms with van der Waals surface area (Å²) in [5.41, 5.74) is 0.0482. The van der Waals surface area contributed by atoms with Gasteiger partial charge in [-0.3, -0.25) is 0 Å². The van der Waals surface area contributed by atoms with Crippen molar-refractivity contribution in [1.29, 1.82) is 0 Å². The molecule has 0 aliphatic carbocycles. The van der Waals surface area contributed by atoms with Crippen molar-refractivity contribution < 1.29 is 23.1 Å². The third-order valence-corrected chi connectivity index (χ3v) is 3.32. The molecule has 0 spiro atoms. The number of hydrogen-bond donors (Lipinski definition) is 3. The van der Waals surface area contributed by atoms with Gasteiger partial charge in [-0.25, -0.2) is 18.0 Å².